The molecule has 1 rings (SSSR count). The summed E-state index contributed by atoms with van der Waals surface area (Å²) in [6.07, 6.45) is 2.53. The molecule has 104 valence electrons. The number of aliphatic carboxylic acids is 1. The van der Waals surface area contributed by atoms with Gasteiger partial charge in [-0.3, -0.25) is 9.59 Å². The predicted molar refractivity (Wildman–Crippen MR) is 72.7 cm³/mol. The first-order chi connectivity index (χ1) is 8.90. The first kappa shape index (κ1) is 15.7. The summed E-state index contributed by atoms with van der Waals surface area (Å²) in [5, 5.41) is 11.6. The molecule has 1 amide bonds. The highest BCUT2D eigenvalue weighted by Crippen LogP contribution is 2.19. The maximum Gasteiger partial charge on any atom is 0.303 e. The average Bonchev–Trinajstić information content (AvgIpc) is 2.32. The van der Waals surface area contributed by atoms with Crippen molar-refractivity contribution in [2.24, 2.45) is 0 Å². The summed E-state index contributed by atoms with van der Waals surface area (Å²) in [4.78, 5) is 26.0. The molecular formula is C12H14Cl2N2O3. The molecule has 1 unspecified atom stereocenters. The molecule has 2 N–H and O–H groups in total. The zero-order valence-corrected chi connectivity index (χ0v) is 11.8. The van der Waals surface area contributed by atoms with Gasteiger partial charge in [0.2, 0.25) is 0 Å². The molecule has 0 saturated heterocycles. The Balaban J connectivity index is 2.49. The highest BCUT2D eigenvalue weighted by atomic mass is 35.5. The minimum atomic E-state index is -0.841. The number of hydrogen-bond donors (Lipinski definition) is 2. The summed E-state index contributed by atoms with van der Waals surface area (Å²) >= 11 is 11.4. The van der Waals surface area contributed by atoms with Crippen molar-refractivity contribution in [3.63, 3.8) is 0 Å². The number of amides is 1. The van der Waals surface area contributed by atoms with E-state index in [4.69, 9.17) is 28.3 Å². The SMILES string of the molecule is CC(CCCC(=O)O)NC(=O)c1cnc(Cl)c(Cl)c1. The Morgan fingerprint density at radius 1 is 1.47 bits per heavy atom. The summed E-state index contributed by atoms with van der Waals surface area (Å²) in [7, 11) is 0. The van der Waals surface area contributed by atoms with Crippen LogP contribution < -0.4 is 5.32 Å². The molecule has 0 bridgehead atoms. The Morgan fingerprint density at radius 3 is 2.74 bits per heavy atom. The first-order valence-electron chi connectivity index (χ1n) is 5.74. The van der Waals surface area contributed by atoms with Gasteiger partial charge in [0, 0.05) is 18.7 Å². The number of halogens is 2. The first-order valence-corrected chi connectivity index (χ1v) is 6.49. The van der Waals surface area contributed by atoms with E-state index in [-0.39, 0.29) is 28.5 Å². The third-order valence-corrected chi connectivity index (χ3v) is 3.15. The van der Waals surface area contributed by atoms with Crippen LogP contribution in [0.1, 0.15) is 36.5 Å². The second-order valence-corrected chi connectivity index (χ2v) is 4.92. The zero-order chi connectivity index (χ0) is 14.4. The molecule has 0 aromatic carbocycles. The normalized spacial score (nSPS) is 11.9. The molecule has 0 aliphatic heterocycles. The third-order valence-electron chi connectivity index (χ3n) is 2.46. The van der Waals surface area contributed by atoms with Gasteiger partial charge in [0.15, 0.2) is 0 Å². The van der Waals surface area contributed by atoms with E-state index in [0.29, 0.717) is 18.4 Å². The van der Waals surface area contributed by atoms with Crippen molar-refractivity contribution in [2.75, 3.05) is 0 Å². The van der Waals surface area contributed by atoms with E-state index < -0.39 is 5.97 Å². The number of aromatic nitrogens is 1. The minimum Gasteiger partial charge on any atom is -0.481 e. The van der Waals surface area contributed by atoms with Crippen molar-refractivity contribution >= 4 is 35.1 Å². The van der Waals surface area contributed by atoms with E-state index in [1.54, 1.807) is 0 Å². The standard InChI is InChI=1S/C12H14Cl2N2O3/c1-7(3-2-4-10(17)18)16-12(19)8-5-9(13)11(14)15-6-8/h5-7H,2-4H2,1H3,(H,16,19)(H,17,18). The summed E-state index contributed by atoms with van der Waals surface area (Å²) in [6, 6.07) is 1.32. The van der Waals surface area contributed by atoms with E-state index in [1.807, 2.05) is 6.92 Å². The molecule has 1 heterocycles. The molecule has 1 atom stereocenters. The topological polar surface area (TPSA) is 79.3 Å². The van der Waals surface area contributed by atoms with Crippen LogP contribution in [0.15, 0.2) is 12.3 Å². The molecule has 1 aromatic rings. The second kappa shape index (κ2) is 7.31. The van der Waals surface area contributed by atoms with Crippen molar-refractivity contribution in [3.8, 4) is 0 Å². The van der Waals surface area contributed by atoms with Crippen LogP contribution in [0.3, 0.4) is 0 Å². The molecule has 0 radical (unpaired) electrons. The van der Waals surface area contributed by atoms with Gasteiger partial charge in [0.25, 0.3) is 5.91 Å². The van der Waals surface area contributed by atoms with Crippen molar-refractivity contribution in [1.29, 1.82) is 0 Å². The lowest BCUT2D eigenvalue weighted by Crippen LogP contribution is -2.32. The Labute approximate surface area is 120 Å². The number of hydrogen-bond acceptors (Lipinski definition) is 3. The van der Waals surface area contributed by atoms with Gasteiger partial charge in [-0.25, -0.2) is 4.98 Å². The van der Waals surface area contributed by atoms with Crippen LogP contribution in [-0.4, -0.2) is 28.0 Å². The molecule has 19 heavy (non-hydrogen) atoms. The number of carbonyl (C=O) groups is 2. The second-order valence-electron chi connectivity index (χ2n) is 4.16. The number of carboxylic acids is 1. The van der Waals surface area contributed by atoms with E-state index in [0.717, 1.165) is 0 Å². The number of nitrogens with zero attached hydrogens (tertiary/aromatic N) is 1. The van der Waals surface area contributed by atoms with Crippen molar-refractivity contribution < 1.29 is 14.7 Å². The average molecular weight is 305 g/mol. The van der Waals surface area contributed by atoms with E-state index in [2.05, 4.69) is 10.3 Å². The molecule has 0 spiro atoms. The Hall–Kier alpha value is -1.33. The lowest BCUT2D eigenvalue weighted by molar-refractivity contribution is -0.137. The van der Waals surface area contributed by atoms with Gasteiger partial charge < -0.3 is 10.4 Å². The van der Waals surface area contributed by atoms with E-state index in [1.165, 1.54) is 12.3 Å². The molecule has 0 aliphatic carbocycles. The van der Waals surface area contributed by atoms with Crippen LogP contribution in [0, 0.1) is 0 Å². The van der Waals surface area contributed by atoms with Gasteiger partial charge in [-0.05, 0) is 25.8 Å². The van der Waals surface area contributed by atoms with Gasteiger partial charge in [-0.1, -0.05) is 23.2 Å². The van der Waals surface area contributed by atoms with Crippen LogP contribution in [0.25, 0.3) is 0 Å². The van der Waals surface area contributed by atoms with Crippen LogP contribution in [0.5, 0.6) is 0 Å². The zero-order valence-electron chi connectivity index (χ0n) is 10.3. The van der Waals surface area contributed by atoms with Gasteiger partial charge in [0.05, 0.1) is 10.6 Å². The maximum absolute atomic E-state index is 11.8. The van der Waals surface area contributed by atoms with Crippen LogP contribution >= 0.6 is 23.2 Å². The summed E-state index contributed by atoms with van der Waals surface area (Å²) in [6.45, 7) is 1.81. The number of carboxylic acid groups (broad SMARTS) is 1. The van der Waals surface area contributed by atoms with Crippen molar-refractivity contribution in [3.05, 3.63) is 28.0 Å². The highest BCUT2D eigenvalue weighted by molar-refractivity contribution is 6.41. The molecule has 0 saturated carbocycles. The van der Waals surface area contributed by atoms with Crippen molar-refractivity contribution in [1.82, 2.24) is 10.3 Å². The van der Waals surface area contributed by atoms with Gasteiger partial charge >= 0.3 is 5.97 Å². The van der Waals surface area contributed by atoms with Gasteiger partial charge in [-0.2, -0.15) is 0 Å². The Bertz CT molecular complexity index is 480. The molecule has 0 aliphatic rings. The number of pyridine rings is 1. The summed E-state index contributed by atoms with van der Waals surface area (Å²) in [5.41, 5.74) is 0.319. The van der Waals surface area contributed by atoms with E-state index >= 15 is 0 Å². The predicted octanol–water partition coefficient (Wildman–Crippen LogP) is 2.76. The van der Waals surface area contributed by atoms with Crippen LogP contribution in [0.4, 0.5) is 0 Å². The quantitative estimate of drug-likeness (QED) is 0.792. The molecule has 7 heteroatoms. The molecular weight excluding hydrogens is 291 g/mol. The van der Waals surface area contributed by atoms with E-state index in [9.17, 15) is 9.59 Å². The number of nitrogens with one attached hydrogen (secondary N) is 1. The fraction of sp³-hybridized carbons (Fsp3) is 0.417. The maximum atomic E-state index is 11.8. The molecule has 1 aromatic heterocycles. The number of rotatable bonds is 6. The fourth-order valence-corrected chi connectivity index (χ4v) is 1.75. The largest absolute Gasteiger partial charge is 0.481 e. The van der Waals surface area contributed by atoms with Crippen LogP contribution in [0.2, 0.25) is 10.2 Å². The lowest BCUT2D eigenvalue weighted by atomic mass is 10.1. The fourth-order valence-electron chi connectivity index (χ4n) is 1.48. The Morgan fingerprint density at radius 2 is 2.16 bits per heavy atom. The van der Waals surface area contributed by atoms with Gasteiger partial charge in [-0.15, -0.1) is 0 Å². The summed E-state index contributed by atoms with van der Waals surface area (Å²) < 4.78 is 0. The minimum absolute atomic E-state index is 0.0918. The monoisotopic (exact) mass is 304 g/mol. The molecule has 5 nitrogen and oxygen atoms in total. The smallest absolute Gasteiger partial charge is 0.303 e. The van der Waals surface area contributed by atoms with Gasteiger partial charge in [0.1, 0.15) is 5.15 Å². The number of carbonyl (C=O) groups excluding carboxylic acids is 1. The molecule has 0 fully saturated rings. The van der Waals surface area contributed by atoms with Crippen LogP contribution in [-0.2, 0) is 4.79 Å². The van der Waals surface area contributed by atoms with Crippen molar-refractivity contribution in [2.45, 2.75) is 32.2 Å². The third kappa shape index (κ3) is 5.44. The lowest BCUT2D eigenvalue weighted by Gasteiger charge is -2.13. The Kier molecular flexibility index (Phi) is 6.05. The summed E-state index contributed by atoms with van der Waals surface area (Å²) in [5.74, 6) is -1.15. The highest BCUT2D eigenvalue weighted by Gasteiger charge is 2.12.